The summed E-state index contributed by atoms with van der Waals surface area (Å²) >= 11 is 0. The molecule has 1 atom stereocenters. The molecule has 1 rings (SSSR count). The van der Waals surface area contributed by atoms with E-state index in [4.69, 9.17) is 4.74 Å². The highest BCUT2D eigenvalue weighted by Crippen LogP contribution is 2.42. The fraction of sp³-hybridized carbons (Fsp3) is 0.562. The molecule has 0 bridgehead atoms. The van der Waals surface area contributed by atoms with Crippen molar-refractivity contribution in [2.45, 2.75) is 51.9 Å². The Kier molecular flexibility index (Phi) is 7.77. The lowest BCUT2D eigenvalue weighted by atomic mass is 9.89. The van der Waals surface area contributed by atoms with E-state index in [1.54, 1.807) is 0 Å². The molecule has 25 heavy (non-hydrogen) atoms. The average Bonchev–Trinajstić information content (AvgIpc) is 2.58. The van der Waals surface area contributed by atoms with Gasteiger partial charge in [-0.25, -0.2) is 4.79 Å². The third-order valence-electron chi connectivity index (χ3n) is 3.93. The van der Waals surface area contributed by atoms with Gasteiger partial charge in [0, 0.05) is 11.6 Å². The highest BCUT2D eigenvalue weighted by molar-refractivity contribution is 5.69. The normalized spacial score (nSPS) is 11.6. The number of benzene rings is 1. The summed E-state index contributed by atoms with van der Waals surface area (Å²) in [5.41, 5.74) is -0.749. The molecule has 9 nitrogen and oxygen atoms in total. The lowest BCUT2D eigenvalue weighted by Crippen LogP contribution is -2.13. The standard InChI is InChI=1S/C16H22N2O7/c1-4-6-7-8-11(5-2)13-9-12(17(20)21)10-14(18(22)23)15(13)25-16(19)24-3/h9-11H,4-8H2,1-3H3. The van der Waals surface area contributed by atoms with Gasteiger partial charge in [0.1, 0.15) is 0 Å². The van der Waals surface area contributed by atoms with Gasteiger partial charge in [-0.1, -0.05) is 33.1 Å². The van der Waals surface area contributed by atoms with Gasteiger partial charge in [0.2, 0.25) is 5.75 Å². The molecule has 0 aromatic heterocycles. The molecule has 0 amide bonds. The predicted octanol–water partition coefficient (Wildman–Crippen LogP) is 4.72. The first kappa shape index (κ1) is 20.3. The minimum Gasteiger partial charge on any atom is -0.437 e. The van der Waals surface area contributed by atoms with Crippen LogP contribution in [0.25, 0.3) is 0 Å². The number of carbonyl (C=O) groups is 1. The van der Waals surface area contributed by atoms with Gasteiger partial charge < -0.3 is 9.47 Å². The van der Waals surface area contributed by atoms with Crippen LogP contribution in [-0.4, -0.2) is 23.1 Å². The molecular formula is C16H22N2O7. The van der Waals surface area contributed by atoms with Gasteiger partial charge >= 0.3 is 11.8 Å². The first-order valence-electron chi connectivity index (χ1n) is 8.08. The molecule has 0 heterocycles. The number of nitro benzene ring substituents is 2. The molecule has 0 saturated carbocycles. The van der Waals surface area contributed by atoms with Gasteiger partial charge in [0.15, 0.2) is 0 Å². The van der Waals surface area contributed by atoms with Crippen molar-refractivity contribution in [2.75, 3.05) is 7.11 Å². The molecule has 0 aliphatic heterocycles. The number of non-ortho nitro benzene ring substituents is 1. The molecule has 0 aliphatic rings. The van der Waals surface area contributed by atoms with Gasteiger partial charge in [0.25, 0.3) is 5.69 Å². The van der Waals surface area contributed by atoms with E-state index in [0.717, 1.165) is 32.4 Å². The van der Waals surface area contributed by atoms with E-state index in [9.17, 15) is 25.0 Å². The second-order valence-corrected chi connectivity index (χ2v) is 5.55. The van der Waals surface area contributed by atoms with E-state index in [0.29, 0.717) is 12.8 Å². The van der Waals surface area contributed by atoms with Crippen molar-refractivity contribution < 1.29 is 24.1 Å². The van der Waals surface area contributed by atoms with E-state index in [1.807, 2.05) is 13.8 Å². The number of methoxy groups -OCH3 is 1. The van der Waals surface area contributed by atoms with Crippen molar-refractivity contribution in [3.8, 4) is 5.75 Å². The Morgan fingerprint density at radius 1 is 1.16 bits per heavy atom. The number of carbonyl (C=O) groups excluding carboxylic acids is 1. The SMILES string of the molecule is CCCCCC(CC)c1cc([N+](=O)[O-])cc([N+](=O)[O-])c1OC(=O)OC. The van der Waals surface area contributed by atoms with Crippen molar-refractivity contribution >= 4 is 17.5 Å². The Morgan fingerprint density at radius 2 is 1.84 bits per heavy atom. The maximum absolute atomic E-state index is 11.5. The molecule has 0 radical (unpaired) electrons. The molecule has 0 spiro atoms. The molecule has 138 valence electrons. The van der Waals surface area contributed by atoms with Crippen molar-refractivity contribution in [3.05, 3.63) is 37.9 Å². The summed E-state index contributed by atoms with van der Waals surface area (Å²) in [5.74, 6) is -0.490. The van der Waals surface area contributed by atoms with E-state index < -0.39 is 27.4 Å². The van der Waals surface area contributed by atoms with Crippen LogP contribution < -0.4 is 4.74 Å². The zero-order chi connectivity index (χ0) is 19.0. The minimum absolute atomic E-state index is 0.204. The van der Waals surface area contributed by atoms with E-state index in [1.165, 1.54) is 6.07 Å². The van der Waals surface area contributed by atoms with Crippen LogP contribution in [-0.2, 0) is 4.74 Å². The van der Waals surface area contributed by atoms with Gasteiger partial charge in [0.05, 0.1) is 23.0 Å². The Labute approximate surface area is 145 Å². The third kappa shape index (κ3) is 5.40. The molecule has 0 N–H and O–H groups in total. The van der Waals surface area contributed by atoms with Crippen LogP contribution >= 0.6 is 0 Å². The molecule has 0 aliphatic carbocycles. The van der Waals surface area contributed by atoms with E-state index in [2.05, 4.69) is 4.74 Å². The van der Waals surface area contributed by atoms with E-state index in [-0.39, 0.29) is 17.2 Å². The largest absolute Gasteiger partial charge is 0.513 e. The predicted molar refractivity (Wildman–Crippen MR) is 90.0 cm³/mol. The first-order chi connectivity index (χ1) is 11.8. The number of rotatable bonds is 9. The van der Waals surface area contributed by atoms with Crippen LogP contribution in [0.2, 0.25) is 0 Å². The van der Waals surface area contributed by atoms with Crippen molar-refractivity contribution in [3.63, 3.8) is 0 Å². The average molecular weight is 354 g/mol. The van der Waals surface area contributed by atoms with E-state index >= 15 is 0 Å². The quantitative estimate of drug-likeness (QED) is 0.207. The van der Waals surface area contributed by atoms with Gasteiger partial charge in [-0.15, -0.1) is 0 Å². The fourth-order valence-corrected chi connectivity index (χ4v) is 2.62. The molecular weight excluding hydrogens is 332 g/mol. The molecule has 1 aromatic carbocycles. The fourth-order valence-electron chi connectivity index (χ4n) is 2.62. The number of nitro groups is 2. The van der Waals surface area contributed by atoms with Crippen molar-refractivity contribution in [1.29, 1.82) is 0 Å². The molecule has 1 unspecified atom stereocenters. The molecule has 0 fully saturated rings. The second kappa shape index (κ2) is 9.55. The Balaban J connectivity index is 3.48. The third-order valence-corrected chi connectivity index (χ3v) is 3.93. The molecule has 9 heteroatoms. The topological polar surface area (TPSA) is 122 Å². The van der Waals surface area contributed by atoms with Crippen LogP contribution in [0.15, 0.2) is 12.1 Å². The van der Waals surface area contributed by atoms with Crippen LogP contribution in [0.3, 0.4) is 0 Å². The number of hydrogen-bond donors (Lipinski definition) is 0. The van der Waals surface area contributed by atoms with Gasteiger partial charge in [-0.2, -0.15) is 0 Å². The second-order valence-electron chi connectivity index (χ2n) is 5.55. The summed E-state index contributed by atoms with van der Waals surface area (Å²) in [6, 6.07) is 2.03. The van der Waals surface area contributed by atoms with Crippen LogP contribution in [0.4, 0.5) is 16.2 Å². The maximum Gasteiger partial charge on any atom is 0.513 e. The summed E-state index contributed by atoms with van der Waals surface area (Å²) in [6.07, 6.45) is 3.00. The lowest BCUT2D eigenvalue weighted by molar-refractivity contribution is -0.394. The summed E-state index contributed by atoms with van der Waals surface area (Å²) in [7, 11) is 1.08. The number of nitrogens with zero attached hydrogens (tertiary/aromatic N) is 2. The highest BCUT2D eigenvalue weighted by Gasteiger charge is 2.30. The summed E-state index contributed by atoms with van der Waals surface area (Å²) in [4.78, 5) is 32.5. The maximum atomic E-state index is 11.5. The van der Waals surface area contributed by atoms with Crippen molar-refractivity contribution in [2.24, 2.45) is 0 Å². The van der Waals surface area contributed by atoms with Gasteiger partial charge in [-0.3, -0.25) is 20.2 Å². The Hall–Kier alpha value is -2.71. The lowest BCUT2D eigenvalue weighted by Gasteiger charge is -2.18. The highest BCUT2D eigenvalue weighted by atomic mass is 16.7. The Morgan fingerprint density at radius 3 is 2.32 bits per heavy atom. The summed E-state index contributed by atoms with van der Waals surface area (Å²) in [6.45, 7) is 3.92. The molecule has 1 aromatic rings. The monoisotopic (exact) mass is 354 g/mol. The number of hydrogen-bond acceptors (Lipinski definition) is 7. The summed E-state index contributed by atoms with van der Waals surface area (Å²) < 4.78 is 9.40. The first-order valence-corrected chi connectivity index (χ1v) is 8.08. The number of unbranched alkanes of at least 4 members (excludes halogenated alkanes) is 2. The Bertz CT molecular complexity index is 646. The van der Waals surface area contributed by atoms with Crippen LogP contribution in [0.5, 0.6) is 5.75 Å². The van der Waals surface area contributed by atoms with Crippen LogP contribution in [0, 0.1) is 20.2 Å². The van der Waals surface area contributed by atoms with Gasteiger partial charge in [-0.05, 0) is 18.8 Å². The number of ether oxygens (including phenoxy) is 2. The smallest absolute Gasteiger partial charge is 0.437 e. The molecule has 0 saturated heterocycles. The van der Waals surface area contributed by atoms with Crippen LogP contribution in [0.1, 0.15) is 57.4 Å². The zero-order valence-corrected chi connectivity index (χ0v) is 14.5. The zero-order valence-electron chi connectivity index (χ0n) is 14.5. The summed E-state index contributed by atoms with van der Waals surface area (Å²) in [5, 5.41) is 22.5. The minimum atomic E-state index is -1.11. The van der Waals surface area contributed by atoms with Crippen molar-refractivity contribution in [1.82, 2.24) is 0 Å².